The fourth-order valence-electron chi connectivity index (χ4n) is 1.26. The summed E-state index contributed by atoms with van der Waals surface area (Å²) in [7, 11) is -1.01. The second kappa shape index (κ2) is 9.49. The maximum Gasteiger partial charge on any atom is 0.333 e. The van der Waals surface area contributed by atoms with Crippen LogP contribution < -0.4 is 5.73 Å². The van der Waals surface area contributed by atoms with Gasteiger partial charge in [0.05, 0.1) is 6.61 Å². The van der Waals surface area contributed by atoms with Gasteiger partial charge in [-0.15, -0.1) is 0 Å². The minimum Gasteiger partial charge on any atom is -0.462 e. The van der Waals surface area contributed by atoms with Gasteiger partial charge in [0, 0.05) is 5.57 Å². The smallest absolute Gasteiger partial charge is 0.333 e. The second-order valence-electron chi connectivity index (χ2n) is 4.92. The molecular formula is C12H25NO3Si2. The third-order valence-corrected chi connectivity index (χ3v) is 7.24. The standard InChI is InChI=1S/C12H25NO3Si2/c1-11(2)12(14)15-8-6-9-17-16-18(3,4)10-5-7-13/h1,5-10,13H2,2-4H3. The molecule has 0 spiro atoms. The molecule has 0 aliphatic carbocycles. The number of carbonyl (C=O) groups excluding carboxylic acids is 1. The van der Waals surface area contributed by atoms with Gasteiger partial charge in [-0.25, -0.2) is 4.79 Å². The van der Waals surface area contributed by atoms with E-state index >= 15 is 0 Å². The Labute approximate surface area is 114 Å². The summed E-state index contributed by atoms with van der Waals surface area (Å²) in [5, 5.41) is 0. The van der Waals surface area contributed by atoms with Crippen molar-refractivity contribution in [1.82, 2.24) is 0 Å². The molecule has 0 atom stereocenters. The van der Waals surface area contributed by atoms with Gasteiger partial charge in [-0.1, -0.05) is 6.58 Å². The summed E-state index contributed by atoms with van der Waals surface area (Å²) in [5.41, 5.74) is 5.94. The molecule has 0 saturated carbocycles. The third kappa shape index (κ3) is 9.58. The molecule has 0 aliphatic heterocycles. The van der Waals surface area contributed by atoms with Crippen molar-refractivity contribution in [3.8, 4) is 0 Å². The zero-order valence-corrected chi connectivity index (χ0v) is 13.8. The Kier molecular flexibility index (Phi) is 9.26. The molecule has 104 valence electrons. The molecule has 18 heavy (non-hydrogen) atoms. The lowest BCUT2D eigenvalue weighted by Gasteiger charge is -2.22. The quantitative estimate of drug-likeness (QED) is 0.289. The van der Waals surface area contributed by atoms with Crippen LogP contribution in [-0.4, -0.2) is 37.2 Å². The Morgan fingerprint density at radius 3 is 2.61 bits per heavy atom. The zero-order chi connectivity index (χ0) is 14.0. The highest BCUT2D eigenvalue weighted by molar-refractivity contribution is 6.75. The van der Waals surface area contributed by atoms with Crippen molar-refractivity contribution in [3.05, 3.63) is 12.2 Å². The molecule has 6 heteroatoms. The summed E-state index contributed by atoms with van der Waals surface area (Å²) in [6.45, 7) is 10.8. The molecule has 0 aromatic carbocycles. The van der Waals surface area contributed by atoms with E-state index in [-0.39, 0.29) is 5.97 Å². The Balaban J connectivity index is 3.50. The maximum atomic E-state index is 11.1. The molecule has 2 N–H and O–H groups in total. The number of carbonyl (C=O) groups is 1. The fourth-order valence-corrected chi connectivity index (χ4v) is 4.98. The Morgan fingerprint density at radius 1 is 1.39 bits per heavy atom. The van der Waals surface area contributed by atoms with Gasteiger partial charge in [-0.2, -0.15) is 0 Å². The van der Waals surface area contributed by atoms with Gasteiger partial charge in [0.2, 0.25) is 9.76 Å². The number of nitrogens with two attached hydrogens (primary N) is 1. The lowest BCUT2D eigenvalue weighted by atomic mass is 10.4. The van der Waals surface area contributed by atoms with E-state index < -0.39 is 8.32 Å². The van der Waals surface area contributed by atoms with Gasteiger partial charge in [0.1, 0.15) is 0 Å². The Bertz CT molecular complexity index is 270. The summed E-state index contributed by atoms with van der Waals surface area (Å²) in [6.07, 6.45) is 1.89. The van der Waals surface area contributed by atoms with Crippen LogP contribution >= 0.6 is 0 Å². The number of ether oxygens (including phenoxy) is 1. The molecular weight excluding hydrogens is 262 g/mol. The summed E-state index contributed by atoms with van der Waals surface area (Å²) in [6, 6.07) is 2.06. The van der Waals surface area contributed by atoms with Crippen LogP contribution in [0.5, 0.6) is 0 Å². The van der Waals surface area contributed by atoms with Crippen LogP contribution in [0.1, 0.15) is 19.8 Å². The van der Waals surface area contributed by atoms with Crippen LogP contribution in [0.2, 0.25) is 25.2 Å². The van der Waals surface area contributed by atoms with E-state index in [9.17, 15) is 4.79 Å². The molecule has 0 aliphatic rings. The first-order valence-electron chi connectivity index (χ1n) is 6.32. The van der Waals surface area contributed by atoms with E-state index in [1.165, 1.54) is 0 Å². The second-order valence-corrected chi connectivity index (χ2v) is 10.5. The van der Waals surface area contributed by atoms with E-state index in [4.69, 9.17) is 14.6 Å². The number of rotatable bonds is 10. The lowest BCUT2D eigenvalue weighted by Crippen LogP contribution is -2.32. The molecule has 4 nitrogen and oxygen atoms in total. The van der Waals surface area contributed by atoms with Crippen molar-refractivity contribution >= 4 is 24.0 Å². The minimum atomic E-state index is -1.51. The van der Waals surface area contributed by atoms with Gasteiger partial charge in [0.15, 0.2) is 8.32 Å². The maximum absolute atomic E-state index is 11.1. The van der Waals surface area contributed by atoms with Crippen molar-refractivity contribution in [2.75, 3.05) is 13.2 Å². The average Bonchev–Trinajstić information content (AvgIpc) is 2.30. The lowest BCUT2D eigenvalue weighted by molar-refractivity contribution is -0.138. The van der Waals surface area contributed by atoms with E-state index in [0.717, 1.165) is 31.5 Å². The molecule has 0 unspecified atom stereocenters. The predicted octanol–water partition coefficient (Wildman–Crippen LogP) is 2.10. The van der Waals surface area contributed by atoms with Crippen molar-refractivity contribution in [2.45, 2.75) is 44.9 Å². The van der Waals surface area contributed by atoms with Crippen LogP contribution in [0.4, 0.5) is 0 Å². The van der Waals surface area contributed by atoms with Crippen molar-refractivity contribution in [3.63, 3.8) is 0 Å². The molecule has 0 rings (SSSR count). The normalized spacial score (nSPS) is 11.3. The van der Waals surface area contributed by atoms with E-state index in [1.807, 2.05) is 0 Å². The molecule has 0 bridgehead atoms. The number of hydrogen-bond donors (Lipinski definition) is 1. The van der Waals surface area contributed by atoms with Crippen LogP contribution in [0, 0.1) is 0 Å². The monoisotopic (exact) mass is 287 g/mol. The van der Waals surface area contributed by atoms with Crippen molar-refractivity contribution in [2.24, 2.45) is 5.73 Å². The highest BCUT2D eigenvalue weighted by Crippen LogP contribution is 2.13. The Morgan fingerprint density at radius 2 is 2.06 bits per heavy atom. The first kappa shape index (κ1) is 17.6. The van der Waals surface area contributed by atoms with Gasteiger partial charge < -0.3 is 14.6 Å². The molecule has 0 fully saturated rings. The van der Waals surface area contributed by atoms with Crippen LogP contribution in [0.25, 0.3) is 0 Å². The van der Waals surface area contributed by atoms with Gasteiger partial charge in [0.25, 0.3) is 0 Å². The van der Waals surface area contributed by atoms with E-state index in [1.54, 1.807) is 6.92 Å². The van der Waals surface area contributed by atoms with Crippen LogP contribution in [0.3, 0.4) is 0 Å². The van der Waals surface area contributed by atoms with Crippen LogP contribution in [0.15, 0.2) is 12.2 Å². The molecule has 0 saturated heterocycles. The van der Waals surface area contributed by atoms with E-state index in [2.05, 4.69) is 19.7 Å². The molecule has 0 amide bonds. The molecule has 0 heterocycles. The topological polar surface area (TPSA) is 61.5 Å². The summed E-state index contributed by atoms with van der Waals surface area (Å²) >= 11 is 0. The number of esters is 1. The Hall–Kier alpha value is -0.436. The first-order chi connectivity index (χ1) is 8.39. The van der Waals surface area contributed by atoms with E-state index in [0.29, 0.717) is 21.9 Å². The predicted molar refractivity (Wildman–Crippen MR) is 78.0 cm³/mol. The zero-order valence-electron chi connectivity index (χ0n) is 11.8. The highest BCUT2D eigenvalue weighted by atomic mass is 28.4. The largest absolute Gasteiger partial charge is 0.462 e. The van der Waals surface area contributed by atoms with Crippen molar-refractivity contribution in [1.29, 1.82) is 0 Å². The molecule has 2 radical (unpaired) electrons. The summed E-state index contributed by atoms with van der Waals surface area (Å²) in [5.74, 6) is -0.308. The number of hydrogen-bond acceptors (Lipinski definition) is 4. The van der Waals surface area contributed by atoms with Gasteiger partial charge in [-0.3, -0.25) is 0 Å². The molecule has 0 aromatic heterocycles. The minimum absolute atomic E-state index is 0.308. The average molecular weight is 288 g/mol. The summed E-state index contributed by atoms with van der Waals surface area (Å²) < 4.78 is 10.9. The highest BCUT2D eigenvalue weighted by Gasteiger charge is 2.20. The third-order valence-electron chi connectivity index (χ3n) is 2.34. The van der Waals surface area contributed by atoms with Crippen molar-refractivity contribution < 1.29 is 13.6 Å². The molecule has 0 aromatic rings. The SMILES string of the molecule is C=C(C)C(=O)OCCC[Si]O[Si](C)(C)CCCN. The van der Waals surface area contributed by atoms with Gasteiger partial charge in [-0.05, 0) is 51.5 Å². The first-order valence-corrected chi connectivity index (χ1v) is 10.6. The fraction of sp³-hybridized carbons (Fsp3) is 0.750. The summed E-state index contributed by atoms with van der Waals surface area (Å²) in [4.78, 5) is 11.1. The van der Waals surface area contributed by atoms with Gasteiger partial charge >= 0.3 is 5.97 Å². The van der Waals surface area contributed by atoms with Crippen LogP contribution in [-0.2, 0) is 13.6 Å².